The van der Waals surface area contributed by atoms with Crippen molar-refractivity contribution in [2.24, 2.45) is 0 Å². The van der Waals surface area contributed by atoms with Gasteiger partial charge in [-0.05, 0) is 19.3 Å². The third kappa shape index (κ3) is 16.8. The van der Waals surface area contributed by atoms with Crippen LogP contribution in [0, 0.1) is 0 Å². The van der Waals surface area contributed by atoms with Gasteiger partial charge in [0.25, 0.3) is 0 Å². The molecule has 1 rings (SSSR count). The van der Waals surface area contributed by atoms with E-state index in [2.05, 4.69) is 25.2 Å². The summed E-state index contributed by atoms with van der Waals surface area (Å²) in [5, 5.41) is 53.4. The molecule has 1 aliphatic heterocycles. The molecule has 0 spiro atoms. The van der Waals surface area contributed by atoms with Gasteiger partial charge in [0, 0.05) is 6.42 Å². The zero-order chi connectivity index (χ0) is 30.3. The van der Waals surface area contributed by atoms with Gasteiger partial charge in [-0.25, -0.2) is 0 Å². The molecule has 9 nitrogen and oxygen atoms in total. The van der Waals surface area contributed by atoms with Crippen LogP contribution in [0.3, 0.4) is 0 Å². The van der Waals surface area contributed by atoms with Crippen LogP contribution in [0.1, 0.15) is 117 Å². The minimum Gasteiger partial charge on any atom is -0.394 e. The van der Waals surface area contributed by atoms with Crippen molar-refractivity contribution in [3.05, 3.63) is 24.3 Å². The molecule has 7 atom stereocenters. The summed E-state index contributed by atoms with van der Waals surface area (Å²) in [5.41, 5.74) is 0. The van der Waals surface area contributed by atoms with E-state index in [-0.39, 0.29) is 12.5 Å². The lowest BCUT2D eigenvalue weighted by Gasteiger charge is -2.40. The maximum atomic E-state index is 12.7. The van der Waals surface area contributed by atoms with Gasteiger partial charge in [0.05, 0.1) is 25.4 Å². The van der Waals surface area contributed by atoms with Crippen molar-refractivity contribution in [2.45, 2.75) is 159 Å². The quantitative estimate of drug-likeness (QED) is 0.0734. The van der Waals surface area contributed by atoms with Crippen molar-refractivity contribution in [2.75, 3.05) is 13.2 Å². The Morgan fingerprint density at radius 3 is 2.02 bits per heavy atom. The van der Waals surface area contributed by atoms with Gasteiger partial charge in [0.15, 0.2) is 6.29 Å². The van der Waals surface area contributed by atoms with Crippen molar-refractivity contribution < 1.29 is 39.8 Å². The molecule has 0 aromatic heterocycles. The molecule has 0 aromatic carbocycles. The van der Waals surface area contributed by atoms with E-state index in [1.165, 1.54) is 64.2 Å². The summed E-state index contributed by atoms with van der Waals surface area (Å²) in [5.74, 6) is -0.203. The number of nitrogens with one attached hydrogen (secondary N) is 1. The van der Waals surface area contributed by atoms with E-state index >= 15 is 0 Å². The van der Waals surface area contributed by atoms with E-state index in [1.54, 1.807) is 12.2 Å². The first-order valence-corrected chi connectivity index (χ1v) is 16.1. The van der Waals surface area contributed by atoms with Crippen LogP contribution in [0.25, 0.3) is 0 Å². The van der Waals surface area contributed by atoms with Gasteiger partial charge in [-0.1, -0.05) is 115 Å². The van der Waals surface area contributed by atoms with E-state index in [0.717, 1.165) is 32.1 Å². The van der Waals surface area contributed by atoms with Gasteiger partial charge >= 0.3 is 0 Å². The fraction of sp³-hybridized carbons (Fsp3) is 0.844. The molecule has 41 heavy (non-hydrogen) atoms. The molecule has 2 unspecified atom stereocenters. The van der Waals surface area contributed by atoms with Gasteiger partial charge in [-0.15, -0.1) is 0 Å². The molecule has 0 aliphatic carbocycles. The molecule has 1 aliphatic rings. The van der Waals surface area contributed by atoms with Crippen molar-refractivity contribution in [3.63, 3.8) is 0 Å². The number of aliphatic hydroxyl groups is 5. The first kappa shape index (κ1) is 37.7. The number of ether oxygens (including phenoxy) is 2. The Labute approximate surface area is 248 Å². The summed E-state index contributed by atoms with van der Waals surface area (Å²) in [7, 11) is 0. The predicted octanol–water partition coefficient (Wildman–Crippen LogP) is 4.04. The lowest BCUT2D eigenvalue weighted by atomic mass is 9.99. The molecule has 1 fully saturated rings. The van der Waals surface area contributed by atoms with Gasteiger partial charge in [0.1, 0.15) is 24.4 Å². The highest BCUT2D eigenvalue weighted by molar-refractivity contribution is 5.76. The second kappa shape index (κ2) is 24.1. The Hall–Kier alpha value is -1.33. The lowest BCUT2D eigenvalue weighted by Crippen LogP contribution is -2.60. The van der Waals surface area contributed by atoms with E-state index in [0.29, 0.717) is 6.42 Å². The highest BCUT2D eigenvalue weighted by Gasteiger charge is 2.44. The maximum absolute atomic E-state index is 12.7. The molecule has 0 bridgehead atoms. The predicted molar refractivity (Wildman–Crippen MR) is 161 cm³/mol. The molecule has 9 heteroatoms. The first-order chi connectivity index (χ1) is 19.8. The molecule has 240 valence electrons. The van der Waals surface area contributed by atoms with Gasteiger partial charge in [-0.3, -0.25) is 4.79 Å². The third-order valence-electron chi connectivity index (χ3n) is 7.58. The standard InChI is InChI=1S/C32H59NO8/c1-3-5-7-9-11-13-15-17-19-21-26(35)25(24-40-32-31(39)30(38)29(37)27(23-34)41-32)33-28(36)22-20-18-16-14-12-10-8-6-4-2/h15,17,19,21,25-27,29-32,34-35,37-39H,3-14,16,18,20,22-24H2,1-2H3,(H,33,36)/b17-15+,21-19+/t25-,26+,27+,29+,30?,31?,32+/m0/s1. The largest absolute Gasteiger partial charge is 0.394 e. The highest BCUT2D eigenvalue weighted by Crippen LogP contribution is 2.22. The fourth-order valence-electron chi connectivity index (χ4n) is 4.86. The number of aliphatic hydroxyl groups excluding tert-OH is 5. The average molecular weight is 586 g/mol. The third-order valence-corrected chi connectivity index (χ3v) is 7.58. The van der Waals surface area contributed by atoms with E-state index < -0.39 is 49.5 Å². The summed E-state index contributed by atoms with van der Waals surface area (Å²) in [6.07, 6.45) is 16.8. The van der Waals surface area contributed by atoms with Crippen molar-refractivity contribution in [1.29, 1.82) is 0 Å². The van der Waals surface area contributed by atoms with Crippen LogP contribution in [-0.4, -0.2) is 87.5 Å². The molecule has 0 radical (unpaired) electrons. The first-order valence-electron chi connectivity index (χ1n) is 16.1. The molecular weight excluding hydrogens is 526 g/mol. The van der Waals surface area contributed by atoms with Gasteiger partial charge in [0.2, 0.25) is 5.91 Å². The van der Waals surface area contributed by atoms with Crippen molar-refractivity contribution >= 4 is 5.91 Å². The molecule has 1 saturated heterocycles. The maximum Gasteiger partial charge on any atom is 0.220 e. The van der Waals surface area contributed by atoms with Crippen LogP contribution in [0.15, 0.2) is 24.3 Å². The Morgan fingerprint density at radius 1 is 0.829 bits per heavy atom. The number of carbonyl (C=O) groups excluding carboxylic acids is 1. The number of hydrogen-bond donors (Lipinski definition) is 6. The second-order valence-corrected chi connectivity index (χ2v) is 11.3. The number of allylic oxidation sites excluding steroid dienone is 3. The van der Waals surface area contributed by atoms with E-state index in [1.807, 2.05) is 6.08 Å². The Balaban J connectivity index is 2.60. The highest BCUT2D eigenvalue weighted by atomic mass is 16.7. The zero-order valence-electron chi connectivity index (χ0n) is 25.5. The van der Waals surface area contributed by atoms with Crippen LogP contribution in [0.5, 0.6) is 0 Å². The second-order valence-electron chi connectivity index (χ2n) is 11.3. The molecule has 1 amide bonds. The number of rotatable bonds is 24. The topological polar surface area (TPSA) is 149 Å². The summed E-state index contributed by atoms with van der Waals surface area (Å²) in [6.45, 7) is 3.62. The van der Waals surface area contributed by atoms with Crippen LogP contribution in [0.2, 0.25) is 0 Å². The Kier molecular flexibility index (Phi) is 22.2. The number of amides is 1. The molecular formula is C32H59NO8. The minimum atomic E-state index is -1.57. The number of hydrogen-bond acceptors (Lipinski definition) is 8. The minimum absolute atomic E-state index is 0.203. The normalized spacial score (nSPS) is 24.7. The summed E-state index contributed by atoms with van der Waals surface area (Å²) < 4.78 is 11.0. The van der Waals surface area contributed by atoms with Crippen molar-refractivity contribution in [1.82, 2.24) is 5.32 Å². The average Bonchev–Trinajstić information content (AvgIpc) is 2.97. The molecule has 0 saturated carbocycles. The summed E-state index contributed by atoms with van der Waals surface area (Å²) in [4.78, 5) is 12.7. The molecule has 6 N–H and O–H groups in total. The number of unbranched alkanes of at least 4 members (excludes halogenated alkanes) is 13. The van der Waals surface area contributed by atoms with Crippen molar-refractivity contribution in [3.8, 4) is 0 Å². The zero-order valence-corrected chi connectivity index (χ0v) is 25.5. The van der Waals surface area contributed by atoms with E-state index in [4.69, 9.17) is 9.47 Å². The SMILES string of the molecule is CCCCCCC/C=C/C=C/[C@@H](O)[C@H](CO[C@@H]1O[C@H](CO)[C@@H](O)C(O)C1O)NC(=O)CCCCCCCCCCC. The Morgan fingerprint density at radius 2 is 1.41 bits per heavy atom. The summed E-state index contributed by atoms with van der Waals surface area (Å²) in [6, 6.07) is -0.827. The van der Waals surface area contributed by atoms with Crippen LogP contribution in [0.4, 0.5) is 0 Å². The number of carbonyl (C=O) groups is 1. The van der Waals surface area contributed by atoms with Gasteiger partial charge in [-0.2, -0.15) is 0 Å². The molecule has 1 heterocycles. The molecule has 0 aromatic rings. The summed E-state index contributed by atoms with van der Waals surface area (Å²) >= 11 is 0. The Bertz CT molecular complexity index is 701. The smallest absolute Gasteiger partial charge is 0.220 e. The monoisotopic (exact) mass is 585 g/mol. The van der Waals surface area contributed by atoms with Crippen LogP contribution >= 0.6 is 0 Å². The van der Waals surface area contributed by atoms with Gasteiger partial charge < -0.3 is 40.3 Å². The lowest BCUT2D eigenvalue weighted by molar-refractivity contribution is -0.302. The van der Waals surface area contributed by atoms with E-state index in [9.17, 15) is 30.3 Å². The fourth-order valence-corrected chi connectivity index (χ4v) is 4.86. The van der Waals surface area contributed by atoms with Crippen LogP contribution in [-0.2, 0) is 14.3 Å². The van der Waals surface area contributed by atoms with Crippen LogP contribution < -0.4 is 5.32 Å².